The fourth-order valence-corrected chi connectivity index (χ4v) is 2.92. The average molecular weight is 359 g/mol. The van der Waals surface area contributed by atoms with Gasteiger partial charge in [-0.25, -0.2) is 0 Å². The lowest BCUT2D eigenvalue weighted by atomic mass is 10.1. The predicted molar refractivity (Wildman–Crippen MR) is 94.9 cm³/mol. The number of ether oxygens (including phenoxy) is 2. The van der Waals surface area contributed by atoms with E-state index >= 15 is 0 Å². The van der Waals surface area contributed by atoms with Crippen molar-refractivity contribution in [2.45, 2.75) is 39.2 Å². The number of aryl methyl sites for hydroxylation is 2. The zero-order valence-electron chi connectivity index (χ0n) is 15.3. The van der Waals surface area contributed by atoms with Crippen LogP contribution in [0, 0.1) is 6.92 Å². The van der Waals surface area contributed by atoms with Gasteiger partial charge in [0.1, 0.15) is 11.8 Å². The Balaban J connectivity index is 1.57. The summed E-state index contributed by atoms with van der Waals surface area (Å²) in [6, 6.07) is 7.62. The fraction of sp³-hybridized carbons (Fsp3) is 0.526. The number of carbonyl (C=O) groups excluding carboxylic acids is 1. The summed E-state index contributed by atoms with van der Waals surface area (Å²) < 4.78 is 16.3. The highest BCUT2D eigenvalue weighted by Gasteiger charge is 2.32. The summed E-state index contributed by atoms with van der Waals surface area (Å²) in [5.74, 6) is 1.93. The first kappa shape index (κ1) is 18.4. The van der Waals surface area contributed by atoms with Gasteiger partial charge in [-0.2, -0.15) is 4.98 Å². The largest absolute Gasteiger partial charge is 0.494 e. The van der Waals surface area contributed by atoms with E-state index in [0.717, 1.165) is 17.7 Å². The zero-order chi connectivity index (χ0) is 18.4. The van der Waals surface area contributed by atoms with Gasteiger partial charge in [0.15, 0.2) is 5.82 Å². The minimum atomic E-state index is -0.303. The molecule has 1 amide bonds. The molecule has 1 unspecified atom stereocenters. The molecular formula is C19H25N3O4. The predicted octanol–water partition coefficient (Wildman–Crippen LogP) is 2.70. The van der Waals surface area contributed by atoms with Crippen LogP contribution in [0.3, 0.4) is 0 Å². The summed E-state index contributed by atoms with van der Waals surface area (Å²) in [4.78, 5) is 18.8. The van der Waals surface area contributed by atoms with Crippen molar-refractivity contribution in [2.75, 3.05) is 26.4 Å². The molecule has 2 heterocycles. The van der Waals surface area contributed by atoms with E-state index in [2.05, 4.69) is 17.1 Å². The van der Waals surface area contributed by atoms with Gasteiger partial charge in [-0.3, -0.25) is 4.79 Å². The number of hydrogen-bond donors (Lipinski definition) is 0. The Kier molecular flexibility index (Phi) is 6.22. The van der Waals surface area contributed by atoms with Crippen LogP contribution in [-0.2, 0) is 16.0 Å². The molecule has 0 spiro atoms. The minimum absolute atomic E-state index is 0.0699. The van der Waals surface area contributed by atoms with Crippen molar-refractivity contribution in [2.24, 2.45) is 0 Å². The van der Waals surface area contributed by atoms with Gasteiger partial charge in [0.2, 0.25) is 5.91 Å². The molecule has 1 aromatic carbocycles. The minimum Gasteiger partial charge on any atom is -0.494 e. The highest BCUT2D eigenvalue weighted by Crippen LogP contribution is 2.24. The van der Waals surface area contributed by atoms with Crippen LogP contribution >= 0.6 is 0 Å². The number of benzene rings is 1. The number of rotatable bonds is 7. The van der Waals surface area contributed by atoms with Crippen LogP contribution in [-0.4, -0.2) is 47.3 Å². The second-order valence-corrected chi connectivity index (χ2v) is 6.35. The van der Waals surface area contributed by atoms with Crippen LogP contribution in [0.15, 0.2) is 28.8 Å². The van der Waals surface area contributed by atoms with Gasteiger partial charge in [0.25, 0.3) is 5.89 Å². The van der Waals surface area contributed by atoms with E-state index in [0.29, 0.717) is 50.9 Å². The standard InChI is InChI=1S/C19H25N3O4/c1-3-11-25-16-7-4-15(5-8-16)6-9-18(23)22-10-12-24-13-17(22)19-20-14(2)21-26-19/h4-5,7-8,17H,3,6,9-13H2,1-2H3. The van der Waals surface area contributed by atoms with Crippen molar-refractivity contribution in [1.82, 2.24) is 15.0 Å². The molecule has 0 bridgehead atoms. The normalized spacial score (nSPS) is 17.3. The lowest BCUT2D eigenvalue weighted by Gasteiger charge is -2.33. The Morgan fingerprint density at radius 1 is 1.35 bits per heavy atom. The fourth-order valence-electron chi connectivity index (χ4n) is 2.92. The molecular weight excluding hydrogens is 334 g/mol. The van der Waals surface area contributed by atoms with Crippen molar-refractivity contribution in [3.05, 3.63) is 41.5 Å². The number of morpholine rings is 1. The molecule has 1 aromatic heterocycles. The lowest BCUT2D eigenvalue weighted by molar-refractivity contribution is -0.141. The number of hydrogen-bond acceptors (Lipinski definition) is 6. The first-order valence-corrected chi connectivity index (χ1v) is 9.06. The maximum Gasteiger partial charge on any atom is 0.251 e. The molecule has 0 aliphatic carbocycles. The molecule has 140 valence electrons. The van der Waals surface area contributed by atoms with Crippen molar-refractivity contribution in [1.29, 1.82) is 0 Å². The molecule has 3 rings (SSSR count). The van der Waals surface area contributed by atoms with Crippen LogP contribution in [0.2, 0.25) is 0 Å². The maximum atomic E-state index is 12.7. The number of aromatic nitrogens is 2. The van der Waals surface area contributed by atoms with Gasteiger partial charge in [0.05, 0.1) is 19.8 Å². The molecule has 1 atom stereocenters. The second kappa shape index (κ2) is 8.80. The number of nitrogens with zero attached hydrogens (tertiary/aromatic N) is 3. The van der Waals surface area contributed by atoms with Gasteiger partial charge >= 0.3 is 0 Å². The van der Waals surface area contributed by atoms with E-state index in [1.165, 1.54) is 0 Å². The smallest absolute Gasteiger partial charge is 0.251 e. The monoisotopic (exact) mass is 359 g/mol. The molecule has 1 aliphatic heterocycles. The molecule has 0 saturated carbocycles. The molecule has 0 N–H and O–H groups in total. The van der Waals surface area contributed by atoms with Crippen LogP contribution in [0.5, 0.6) is 5.75 Å². The third-order valence-corrected chi connectivity index (χ3v) is 4.30. The van der Waals surface area contributed by atoms with Gasteiger partial charge in [-0.15, -0.1) is 0 Å². The first-order valence-electron chi connectivity index (χ1n) is 9.06. The van der Waals surface area contributed by atoms with Gasteiger partial charge in [-0.05, 0) is 37.5 Å². The molecule has 7 heteroatoms. The van der Waals surface area contributed by atoms with E-state index in [-0.39, 0.29) is 11.9 Å². The molecule has 1 fully saturated rings. The van der Waals surface area contributed by atoms with Crippen molar-refractivity contribution < 1.29 is 18.8 Å². The third-order valence-electron chi connectivity index (χ3n) is 4.30. The van der Waals surface area contributed by atoms with Gasteiger partial charge in [-0.1, -0.05) is 24.2 Å². The Morgan fingerprint density at radius 2 is 2.15 bits per heavy atom. The molecule has 7 nitrogen and oxygen atoms in total. The maximum absolute atomic E-state index is 12.7. The molecule has 2 aromatic rings. The van der Waals surface area contributed by atoms with E-state index in [4.69, 9.17) is 14.0 Å². The lowest BCUT2D eigenvalue weighted by Crippen LogP contribution is -2.43. The van der Waals surface area contributed by atoms with Crippen molar-refractivity contribution >= 4 is 5.91 Å². The van der Waals surface area contributed by atoms with E-state index in [9.17, 15) is 4.79 Å². The summed E-state index contributed by atoms with van der Waals surface area (Å²) in [5, 5.41) is 3.82. The molecule has 0 radical (unpaired) electrons. The highest BCUT2D eigenvalue weighted by atomic mass is 16.5. The summed E-state index contributed by atoms with van der Waals surface area (Å²) in [5.41, 5.74) is 1.11. The van der Waals surface area contributed by atoms with E-state index in [1.54, 1.807) is 11.8 Å². The molecule has 26 heavy (non-hydrogen) atoms. The number of amides is 1. The zero-order valence-corrected chi connectivity index (χ0v) is 15.3. The van der Waals surface area contributed by atoms with E-state index in [1.807, 2.05) is 24.3 Å². The van der Waals surface area contributed by atoms with Crippen LogP contribution in [0.1, 0.15) is 43.1 Å². The Labute approximate surface area is 153 Å². The first-order chi connectivity index (χ1) is 12.7. The van der Waals surface area contributed by atoms with Crippen molar-refractivity contribution in [3.8, 4) is 5.75 Å². The topological polar surface area (TPSA) is 77.7 Å². The Bertz CT molecular complexity index is 714. The van der Waals surface area contributed by atoms with E-state index < -0.39 is 0 Å². The Hall–Kier alpha value is -2.41. The van der Waals surface area contributed by atoms with Gasteiger partial charge < -0.3 is 18.9 Å². The quantitative estimate of drug-likeness (QED) is 0.756. The summed E-state index contributed by atoms with van der Waals surface area (Å²) in [7, 11) is 0. The summed E-state index contributed by atoms with van der Waals surface area (Å²) in [6.07, 6.45) is 2.09. The number of carbonyl (C=O) groups is 1. The highest BCUT2D eigenvalue weighted by molar-refractivity contribution is 5.77. The van der Waals surface area contributed by atoms with Crippen LogP contribution in [0.4, 0.5) is 0 Å². The molecule has 1 saturated heterocycles. The SMILES string of the molecule is CCCOc1ccc(CCC(=O)N2CCOCC2c2nc(C)no2)cc1. The van der Waals surface area contributed by atoms with Crippen LogP contribution < -0.4 is 4.74 Å². The Morgan fingerprint density at radius 3 is 2.85 bits per heavy atom. The summed E-state index contributed by atoms with van der Waals surface area (Å²) in [6.45, 7) is 6.00. The van der Waals surface area contributed by atoms with Crippen LogP contribution in [0.25, 0.3) is 0 Å². The molecule has 1 aliphatic rings. The summed E-state index contributed by atoms with van der Waals surface area (Å²) >= 11 is 0. The van der Waals surface area contributed by atoms with Gasteiger partial charge in [0, 0.05) is 13.0 Å². The third kappa shape index (κ3) is 4.60. The second-order valence-electron chi connectivity index (χ2n) is 6.35. The average Bonchev–Trinajstić information content (AvgIpc) is 3.11. The van der Waals surface area contributed by atoms with Crippen molar-refractivity contribution in [3.63, 3.8) is 0 Å².